The molecule has 2 rings (SSSR count). The zero-order chi connectivity index (χ0) is 11.7. The summed E-state index contributed by atoms with van der Waals surface area (Å²) in [6.07, 6.45) is 0. The van der Waals surface area contributed by atoms with E-state index in [1.165, 1.54) is 6.07 Å². The first kappa shape index (κ1) is 11.1. The molecule has 0 bridgehead atoms. The highest BCUT2D eigenvalue weighted by atomic mass is 19.1. The van der Waals surface area contributed by atoms with Crippen LogP contribution in [0.5, 0.6) is 0 Å². The molecule has 3 nitrogen and oxygen atoms in total. The topological polar surface area (TPSA) is 46.3 Å². The van der Waals surface area contributed by atoms with Crippen molar-refractivity contribution in [1.29, 1.82) is 0 Å². The zero-order valence-electron chi connectivity index (χ0n) is 9.24. The van der Waals surface area contributed by atoms with Gasteiger partial charge in [-0.25, -0.2) is 4.39 Å². The molecule has 4 heteroatoms. The quantitative estimate of drug-likeness (QED) is 0.816. The van der Waals surface area contributed by atoms with E-state index in [4.69, 9.17) is 5.73 Å². The third-order valence-corrected chi connectivity index (χ3v) is 3.00. The molecule has 1 amide bonds. The molecule has 1 fully saturated rings. The van der Waals surface area contributed by atoms with Crippen molar-refractivity contribution in [2.45, 2.75) is 6.92 Å². The maximum atomic E-state index is 13.3. The van der Waals surface area contributed by atoms with Crippen molar-refractivity contribution in [2.75, 3.05) is 19.6 Å². The van der Waals surface area contributed by atoms with Crippen molar-refractivity contribution < 1.29 is 9.18 Å². The van der Waals surface area contributed by atoms with Gasteiger partial charge < -0.3 is 10.6 Å². The van der Waals surface area contributed by atoms with Crippen LogP contribution >= 0.6 is 0 Å². The van der Waals surface area contributed by atoms with Gasteiger partial charge in [0, 0.05) is 24.6 Å². The molecule has 86 valence electrons. The first-order chi connectivity index (χ1) is 7.61. The third kappa shape index (κ3) is 1.93. The standard InChI is InChI=1S/C12H15FN2O/c1-8-2-3-10(4-11(8)13)12(16)15-6-9(5-14)7-15/h2-4,9H,5-7,14H2,1H3. The summed E-state index contributed by atoms with van der Waals surface area (Å²) in [6.45, 7) is 3.65. The number of hydrogen-bond donors (Lipinski definition) is 1. The summed E-state index contributed by atoms with van der Waals surface area (Å²) in [5.74, 6) is -0.0374. The summed E-state index contributed by atoms with van der Waals surface area (Å²) >= 11 is 0. The van der Waals surface area contributed by atoms with Crippen molar-refractivity contribution in [3.05, 3.63) is 35.1 Å². The normalized spacial score (nSPS) is 16.1. The highest BCUT2D eigenvalue weighted by Gasteiger charge is 2.30. The number of aryl methyl sites for hydroxylation is 1. The molecule has 1 aromatic rings. The molecular formula is C12H15FN2O. The van der Waals surface area contributed by atoms with Gasteiger partial charge in [0.1, 0.15) is 5.82 Å². The Morgan fingerprint density at radius 2 is 2.25 bits per heavy atom. The first-order valence-electron chi connectivity index (χ1n) is 5.37. The summed E-state index contributed by atoms with van der Waals surface area (Å²) in [7, 11) is 0. The number of benzene rings is 1. The average Bonchev–Trinajstić information content (AvgIpc) is 2.20. The van der Waals surface area contributed by atoms with Crippen LogP contribution < -0.4 is 5.73 Å². The molecule has 0 radical (unpaired) electrons. The molecule has 0 spiro atoms. The SMILES string of the molecule is Cc1ccc(C(=O)N2CC(CN)C2)cc1F. The van der Waals surface area contributed by atoms with Crippen LogP contribution in [0.4, 0.5) is 4.39 Å². The van der Waals surface area contributed by atoms with E-state index >= 15 is 0 Å². The van der Waals surface area contributed by atoms with Crippen molar-refractivity contribution in [2.24, 2.45) is 11.7 Å². The van der Waals surface area contributed by atoms with Crippen LogP contribution in [0.2, 0.25) is 0 Å². The van der Waals surface area contributed by atoms with Gasteiger partial charge in [0.2, 0.25) is 0 Å². The van der Waals surface area contributed by atoms with Crippen molar-refractivity contribution >= 4 is 5.91 Å². The zero-order valence-corrected chi connectivity index (χ0v) is 9.24. The van der Waals surface area contributed by atoms with Crippen molar-refractivity contribution in [3.63, 3.8) is 0 Å². The molecule has 1 aliphatic rings. The fraction of sp³-hybridized carbons (Fsp3) is 0.417. The van der Waals surface area contributed by atoms with Crippen LogP contribution in [0.3, 0.4) is 0 Å². The largest absolute Gasteiger partial charge is 0.338 e. The average molecular weight is 222 g/mol. The van der Waals surface area contributed by atoms with Crippen LogP contribution in [-0.2, 0) is 0 Å². The lowest BCUT2D eigenvalue weighted by Crippen LogP contribution is -2.52. The Labute approximate surface area is 94.0 Å². The van der Waals surface area contributed by atoms with Crippen LogP contribution in [0.1, 0.15) is 15.9 Å². The Morgan fingerprint density at radius 1 is 1.56 bits per heavy atom. The molecular weight excluding hydrogens is 207 g/mol. The van der Waals surface area contributed by atoms with Crippen LogP contribution in [-0.4, -0.2) is 30.4 Å². The molecule has 16 heavy (non-hydrogen) atoms. The monoisotopic (exact) mass is 222 g/mol. The van der Waals surface area contributed by atoms with Gasteiger partial charge in [-0.05, 0) is 31.2 Å². The molecule has 2 N–H and O–H groups in total. The Hall–Kier alpha value is -1.42. The Morgan fingerprint density at radius 3 is 2.81 bits per heavy atom. The summed E-state index contributed by atoms with van der Waals surface area (Å²) in [5.41, 5.74) is 6.45. The molecule has 0 saturated carbocycles. The number of rotatable bonds is 2. The lowest BCUT2D eigenvalue weighted by Gasteiger charge is -2.38. The predicted molar refractivity (Wildman–Crippen MR) is 59.6 cm³/mol. The highest BCUT2D eigenvalue weighted by Crippen LogP contribution is 2.18. The van der Waals surface area contributed by atoms with Gasteiger partial charge in [0.05, 0.1) is 0 Å². The summed E-state index contributed by atoms with van der Waals surface area (Å²) in [4.78, 5) is 13.6. The van der Waals surface area contributed by atoms with Gasteiger partial charge in [-0.15, -0.1) is 0 Å². The van der Waals surface area contributed by atoms with E-state index in [-0.39, 0.29) is 11.7 Å². The molecule has 0 aliphatic carbocycles. The lowest BCUT2D eigenvalue weighted by atomic mass is 9.99. The second-order valence-corrected chi connectivity index (χ2v) is 4.28. The molecule has 1 aliphatic heterocycles. The van der Waals surface area contributed by atoms with E-state index in [1.54, 1.807) is 24.0 Å². The molecule has 0 unspecified atom stereocenters. The van der Waals surface area contributed by atoms with Gasteiger partial charge in [-0.1, -0.05) is 6.07 Å². The maximum absolute atomic E-state index is 13.3. The van der Waals surface area contributed by atoms with E-state index in [1.807, 2.05) is 0 Å². The fourth-order valence-corrected chi connectivity index (χ4v) is 1.79. The van der Waals surface area contributed by atoms with Crippen LogP contribution in [0.25, 0.3) is 0 Å². The Kier molecular flexibility index (Phi) is 2.92. The summed E-state index contributed by atoms with van der Waals surface area (Å²) in [6, 6.07) is 4.59. The molecule has 1 saturated heterocycles. The van der Waals surface area contributed by atoms with Gasteiger partial charge in [-0.3, -0.25) is 4.79 Å². The third-order valence-electron chi connectivity index (χ3n) is 3.00. The lowest BCUT2D eigenvalue weighted by molar-refractivity contribution is 0.0515. The number of amides is 1. The molecule has 1 heterocycles. The van der Waals surface area contributed by atoms with E-state index in [2.05, 4.69) is 0 Å². The van der Waals surface area contributed by atoms with E-state index in [9.17, 15) is 9.18 Å². The molecule has 0 atom stereocenters. The van der Waals surface area contributed by atoms with Crippen LogP contribution in [0.15, 0.2) is 18.2 Å². The number of carbonyl (C=O) groups excluding carboxylic acids is 1. The summed E-state index contributed by atoms with van der Waals surface area (Å²) < 4.78 is 13.3. The van der Waals surface area contributed by atoms with Crippen molar-refractivity contribution in [1.82, 2.24) is 4.90 Å². The van der Waals surface area contributed by atoms with Crippen molar-refractivity contribution in [3.8, 4) is 0 Å². The van der Waals surface area contributed by atoms with Gasteiger partial charge >= 0.3 is 0 Å². The maximum Gasteiger partial charge on any atom is 0.253 e. The van der Waals surface area contributed by atoms with E-state index < -0.39 is 0 Å². The second kappa shape index (κ2) is 4.22. The number of nitrogens with zero attached hydrogens (tertiary/aromatic N) is 1. The highest BCUT2D eigenvalue weighted by molar-refractivity contribution is 5.94. The smallest absolute Gasteiger partial charge is 0.253 e. The van der Waals surface area contributed by atoms with Gasteiger partial charge in [-0.2, -0.15) is 0 Å². The predicted octanol–water partition coefficient (Wildman–Crippen LogP) is 1.16. The fourth-order valence-electron chi connectivity index (χ4n) is 1.79. The van der Waals surface area contributed by atoms with Crippen LogP contribution in [0, 0.1) is 18.7 Å². The Bertz CT molecular complexity index is 413. The summed E-state index contributed by atoms with van der Waals surface area (Å²) in [5, 5.41) is 0. The minimum Gasteiger partial charge on any atom is -0.338 e. The minimum absolute atomic E-state index is 0.108. The molecule has 0 aromatic heterocycles. The number of likely N-dealkylation sites (tertiary alicyclic amines) is 1. The number of hydrogen-bond acceptors (Lipinski definition) is 2. The number of halogens is 1. The number of nitrogens with two attached hydrogens (primary N) is 1. The van der Waals surface area contributed by atoms with E-state index in [0.717, 1.165) is 0 Å². The molecule has 1 aromatic carbocycles. The Balaban J connectivity index is 2.07. The van der Waals surface area contributed by atoms with Gasteiger partial charge in [0.25, 0.3) is 5.91 Å². The minimum atomic E-state index is -0.332. The first-order valence-corrected chi connectivity index (χ1v) is 5.37. The van der Waals surface area contributed by atoms with E-state index in [0.29, 0.717) is 36.7 Å². The second-order valence-electron chi connectivity index (χ2n) is 4.28. The number of carbonyl (C=O) groups is 1. The van der Waals surface area contributed by atoms with Gasteiger partial charge in [0.15, 0.2) is 0 Å².